The minimum Gasteiger partial charge on any atom is -0.497 e. The largest absolute Gasteiger partial charge is 0.497 e. The molecular weight excluding hydrogens is 242 g/mol. The number of hydrogen-bond donors (Lipinski definition) is 1. The number of benzene rings is 1. The van der Waals surface area contributed by atoms with Crippen LogP contribution in [0.15, 0.2) is 24.3 Å². The lowest BCUT2D eigenvalue weighted by Crippen LogP contribution is -2.42. The molecule has 0 aliphatic carbocycles. The average molecular weight is 265 g/mol. The van der Waals surface area contributed by atoms with Gasteiger partial charge in [0.05, 0.1) is 13.5 Å². The van der Waals surface area contributed by atoms with Crippen LogP contribution in [0.5, 0.6) is 5.75 Å². The molecule has 0 aliphatic heterocycles. The fraction of sp³-hybridized carbons (Fsp3) is 0.533. The van der Waals surface area contributed by atoms with Crippen molar-refractivity contribution >= 4 is 5.97 Å². The smallest absolute Gasteiger partial charge is 0.304 e. The van der Waals surface area contributed by atoms with Gasteiger partial charge in [0.1, 0.15) is 5.75 Å². The molecule has 0 aliphatic rings. The number of nitrogens with zero attached hydrogens (tertiary/aromatic N) is 1. The van der Waals surface area contributed by atoms with E-state index in [1.165, 1.54) is 0 Å². The molecule has 0 fully saturated rings. The molecule has 0 radical (unpaired) electrons. The Kier molecular flexibility index (Phi) is 5.36. The maximum Gasteiger partial charge on any atom is 0.304 e. The van der Waals surface area contributed by atoms with E-state index in [-0.39, 0.29) is 12.0 Å². The van der Waals surface area contributed by atoms with Gasteiger partial charge in [0.15, 0.2) is 0 Å². The third-order valence-corrected chi connectivity index (χ3v) is 3.05. The summed E-state index contributed by atoms with van der Waals surface area (Å²) in [5.74, 6) is 0.0597. The van der Waals surface area contributed by atoms with Gasteiger partial charge in [-0.25, -0.2) is 0 Å². The molecule has 1 aromatic carbocycles. The van der Waals surface area contributed by atoms with Crippen molar-refractivity contribution in [1.82, 2.24) is 4.90 Å². The Hall–Kier alpha value is -1.55. The van der Waals surface area contributed by atoms with Gasteiger partial charge >= 0.3 is 5.97 Å². The van der Waals surface area contributed by atoms with Crippen LogP contribution in [0, 0.1) is 0 Å². The lowest BCUT2D eigenvalue weighted by Gasteiger charge is -2.35. The minimum atomic E-state index is -0.764. The molecule has 1 aromatic rings. The molecular formula is C15H23NO3. The Morgan fingerprint density at radius 3 is 2.58 bits per heavy atom. The Balaban J connectivity index is 2.78. The number of carboxylic acid groups (broad SMARTS) is 1. The van der Waals surface area contributed by atoms with Crippen LogP contribution < -0.4 is 4.74 Å². The highest BCUT2D eigenvalue weighted by Gasteiger charge is 2.22. The molecule has 0 saturated carbocycles. The minimum absolute atomic E-state index is 0.0709. The fourth-order valence-electron chi connectivity index (χ4n) is 1.87. The van der Waals surface area contributed by atoms with Crippen molar-refractivity contribution < 1.29 is 14.6 Å². The van der Waals surface area contributed by atoms with E-state index in [1.807, 2.05) is 24.3 Å². The van der Waals surface area contributed by atoms with Crippen LogP contribution in [-0.4, -0.2) is 35.2 Å². The van der Waals surface area contributed by atoms with E-state index >= 15 is 0 Å². The summed E-state index contributed by atoms with van der Waals surface area (Å²) in [5, 5.41) is 8.83. The van der Waals surface area contributed by atoms with Crippen LogP contribution in [0.3, 0.4) is 0 Å². The van der Waals surface area contributed by atoms with Crippen molar-refractivity contribution in [3.63, 3.8) is 0 Å². The van der Waals surface area contributed by atoms with Gasteiger partial charge in [-0.2, -0.15) is 0 Å². The van der Waals surface area contributed by atoms with Gasteiger partial charge < -0.3 is 9.84 Å². The standard InChI is InChI=1S/C15H23NO3/c1-15(2,3)16(9-8-14(17)18)11-12-6-5-7-13(10-12)19-4/h5-7,10H,8-9,11H2,1-4H3,(H,17,18). The van der Waals surface area contributed by atoms with E-state index in [2.05, 4.69) is 25.7 Å². The van der Waals surface area contributed by atoms with Crippen LogP contribution >= 0.6 is 0 Å². The molecule has 106 valence electrons. The zero-order valence-electron chi connectivity index (χ0n) is 12.1. The predicted molar refractivity (Wildman–Crippen MR) is 75.4 cm³/mol. The summed E-state index contributed by atoms with van der Waals surface area (Å²) in [6.45, 7) is 7.53. The molecule has 4 nitrogen and oxygen atoms in total. The van der Waals surface area contributed by atoms with E-state index in [0.29, 0.717) is 13.1 Å². The van der Waals surface area contributed by atoms with Crippen LogP contribution in [0.4, 0.5) is 0 Å². The van der Waals surface area contributed by atoms with Gasteiger partial charge in [0.2, 0.25) is 0 Å². The zero-order valence-corrected chi connectivity index (χ0v) is 12.1. The first kappa shape index (κ1) is 15.5. The van der Waals surface area contributed by atoms with Gasteiger partial charge in [-0.3, -0.25) is 9.69 Å². The van der Waals surface area contributed by atoms with Crippen LogP contribution in [0.1, 0.15) is 32.8 Å². The molecule has 0 bridgehead atoms. The highest BCUT2D eigenvalue weighted by atomic mass is 16.5. The summed E-state index contributed by atoms with van der Waals surface area (Å²) >= 11 is 0. The molecule has 0 heterocycles. The van der Waals surface area contributed by atoms with Crippen LogP contribution in [-0.2, 0) is 11.3 Å². The van der Waals surface area contributed by atoms with E-state index in [0.717, 1.165) is 11.3 Å². The lowest BCUT2D eigenvalue weighted by molar-refractivity contribution is -0.137. The second-order valence-corrected chi connectivity index (χ2v) is 5.59. The second-order valence-electron chi connectivity index (χ2n) is 5.59. The lowest BCUT2D eigenvalue weighted by atomic mass is 10.0. The first-order chi connectivity index (χ1) is 8.82. The van der Waals surface area contributed by atoms with E-state index in [1.54, 1.807) is 7.11 Å². The Bertz CT molecular complexity index is 424. The summed E-state index contributed by atoms with van der Waals surface area (Å²) in [7, 11) is 1.64. The normalized spacial score (nSPS) is 11.6. The number of carbonyl (C=O) groups is 1. The highest BCUT2D eigenvalue weighted by Crippen LogP contribution is 2.20. The second kappa shape index (κ2) is 6.57. The van der Waals surface area contributed by atoms with Crippen LogP contribution in [0.2, 0.25) is 0 Å². The third-order valence-electron chi connectivity index (χ3n) is 3.05. The van der Waals surface area contributed by atoms with Gasteiger partial charge in [-0.05, 0) is 38.5 Å². The average Bonchev–Trinajstić information content (AvgIpc) is 2.33. The number of hydrogen-bond acceptors (Lipinski definition) is 3. The summed E-state index contributed by atoms with van der Waals surface area (Å²) in [6.07, 6.45) is 0.154. The van der Waals surface area contributed by atoms with Crippen molar-refractivity contribution in [2.75, 3.05) is 13.7 Å². The van der Waals surface area contributed by atoms with Crippen molar-refractivity contribution in [2.24, 2.45) is 0 Å². The molecule has 0 unspecified atom stereocenters. The fourth-order valence-corrected chi connectivity index (χ4v) is 1.87. The first-order valence-electron chi connectivity index (χ1n) is 6.42. The van der Waals surface area contributed by atoms with Crippen molar-refractivity contribution in [3.05, 3.63) is 29.8 Å². The summed E-state index contributed by atoms with van der Waals surface area (Å²) in [5.41, 5.74) is 1.05. The number of aliphatic carboxylic acids is 1. The Morgan fingerprint density at radius 1 is 1.37 bits per heavy atom. The quantitative estimate of drug-likeness (QED) is 0.859. The summed E-state index contributed by atoms with van der Waals surface area (Å²) in [4.78, 5) is 12.9. The molecule has 0 saturated heterocycles. The van der Waals surface area contributed by atoms with Crippen molar-refractivity contribution in [1.29, 1.82) is 0 Å². The molecule has 0 amide bonds. The molecule has 1 N–H and O–H groups in total. The first-order valence-corrected chi connectivity index (χ1v) is 6.42. The summed E-state index contributed by atoms with van der Waals surface area (Å²) in [6, 6.07) is 7.87. The number of methoxy groups -OCH3 is 1. The SMILES string of the molecule is COc1cccc(CN(CCC(=O)O)C(C)(C)C)c1. The zero-order chi connectivity index (χ0) is 14.5. The topological polar surface area (TPSA) is 49.8 Å². The number of ether oxygens (including phenoxy) is 1. The van der Waals surface area contributed by atoms with E-state index in [9.17, 15) is 4.79 Å². The number of rotatable bonds is 6. The molecule has 19 heavy (non-hydrogen) atoms. The van der Waals surface area contributed by atoms with Crippen molar-refractivity contribution in [3.8, 4) is 5.75 Å². The monoisotopic (exact) mass is 265 g/mol. The molecule has 1 rings (SSSR count). The maximum atomic E-state index is 10.7. The maximum absolute atomic E-state index is 10.7. The van der Waals surface area contributed by atoms with Crippen molar-refractivity contribution in [2.45, 2.75) is 39.3 Å². The van der Waals surface area contributed by atoms with Gasteiger partial charge in [-0.15, -0.1) is 0 Å². The molecule has 0 aromatic heterocycles. The molecule has 0 spiro atoms. The predicted octanol–water partition coefficient (Wildman–Crippen LogP) is 2.77. The molecule has 0 atom stereocenters. The van der Waals surface area contributed by atoms with E-state index in [4.69, 9.17) is 9.84 Å². The Morgan fingerprint density at radius 2 is 2.05 bits per heavy atom. The molecule has 4 heteroatoms. The third kappa shape index (κ3) is 5.30. The van der Waals surface area contributed by atoms with E-state index < -0.39 is 5.97 Å². The van der Waals surface area contributed by atoms with Gasteiger partial charge in [-0.1, -0.05) is 12.1 Å². The number of carboxylic acids is 1. The highest BCUT2D eigenvalue weighted by molar-refractivity contribution is 5.66. The Labute approximate surface area is 115 Å². The summed E-state index contributed by atoms with van der Waals surface area (Å²) < 4.78 is 5.21. The van der Waals surface area contributed by atoms with Gasteiger partial charge in [0.25, 0.3) is 0 Å². The van der Waals surface area contributed by atoms with Gasteiger partial charge in [0, 0.05) is 18.6 Å². The van der Waals surface area contributed by atoms with Crippen LogP contribution in [0.25, 0.3) is 0 Å².